The lowest BCUT2D eigenvalue weighted by molar-refractivity contribution is 0.211. The van der Waals surface area contributed by atoms with E-state index in [4.69, 9.17) is 4.74 Å². The molecule has 1 aromatic heterocycles. The summed E-state index contributed by atoms with van der Waals surface area (Å²) in [5, 5.41) is 5.92. The largest absolute Gasteiger partial charge is 0.383 e. The molecule has 0 fully saturated rings. The van der Waals surface area contributed by atoms with Gasteiger partial charge in [-0.2, -0.15) is 0 Å². The van der Waals surface area contributed by atoms with Crippen molar-refractivity contribution in [3.05, 3.63) is 30.0 Å². The molecule has 114 valence electrons. The third-order valence-corrected chi connectivity index (χ3v) is 3.76. The second-order valence-electron chi connectivity index (χ2n) is 5.08. The van der Waals surface area contributed by atoms with E-state index < -0.39 is 0 Å². The smallest absolute Gasteiger partial charge is 0.136 e. The van der Waals surface area contributed by atoms with Gasteiger partial charge in [0.25, 0.3) is 0 Å². The molecule has 0 amide bonds. The predicted octanol–water partition coefficient (Wildman–Crippen LogP) is 3.45. The molecule has 0 atom stereocenters. The molecule has 0 saturated heterocycles. The Hall–Kier alpha value is -1.81. The second-order valence-corrected chi connectivity index (χ2v) is 5.08. The molecule has 0 radical (unpaired) electrons. The number of aryl methyl sites for hydroxylation is 1. The highest BCUT2D eigenvalue weighted by atomic mass is 16.5. The minimum Gasteiger partial charge on any atom is -0.383 e. The first-order chi connectivity index (χ1) is 10.2. The Balaban J connectivity index is 2.51. The van der Waals surface area contributed by atoms with Crippen LogP contribution in [0.2, 0.25) is 0 Å². The molecule has 1 heterocycles. The summed E-state index contributed by atoms with van der Waals surface area (Å²) < 4.78 is 5.12. The number of pyridine rings is 1. The van der Waals surface area contributed by atoms with E-state index in [1.807, 2.05) is 6.20 Å². The first kappa shape index (κ1) is 15.6. The van der Waals surface area contributed by atoms with E-state index >= 15 is 0 Å². The number of methoxy groups -OCH3 is 1. The molecule has 0 aliphatic carbocycles. The van der Waals surface area contributed by atoms with Crippen molar-refractivity contribution >= 4 is 22.3 Å². The van der Waals surface area contributed by atoms with E-state index in [2.05, 4.69) is 54.2 Å². The maximum absolute atomic E-state index is 5.12. The summed E-state index contributed by atoms with van der Waals surface area (Å²) >= 11 is 0. The molecule has 21 heavy (non-hydrogen) atoms. The Labute approximate surface area is 127 Å². The minimum absolute atomic E-state index is 0.698. The van der Waals surface area contributed by atoms with Gasteiger partial charge in [0, 0.05) is 49.4 Å². The summed E-state index contributed by atoms with van der Waals surface area (Å²) in [5.41, 5.74) is 2.35. The van der Waals surface area contributed by atoms with Gasteiger partial charge < -0.3 is 15.0 Å². The molecule has 0 bridgehead atoms. The molecule has 0 unspecified atom stereocenters. The van der Waals surface area contributed by atoms with Crippen LogP contribution >= 0.6 is 0 Å². The van der Waals surface area contributed by atoms with Crippen molar-refractivity contribution in [3.8, 4) is 0 Å². The van der Waals surface area contributed by atoms with Gasteiger partial charge >= 0.3 is 0 Å². The van der Waals surface area contributed by atoms with Gasteiger partial charge in [0.2, 0.25) is 0 Å². The fraction of sp³-hybridized carbons (Fsp3) is 0.471. The van der Waals surface area contributed by atoms with Crippen molar-refractivity contribution in [1.29, 1.82) is 0 Å². The van der Waals surface area contributed by atoms with Crippen molar-refractivity contribution in [2.24, 2.45) is 0 Å². The molecule has 0 aliphatic heterocycles. The molecule has 1 aromatic carbocycles. The normalized spacial score (nSPS) is 10.9. The molecule has 2 rings (SSSR count). The monoisotopic (exact) mass is 287 g/mol. The molecule has 0 spiro atoms. The molecule has 4 nitrogen and oxygen atoms in total. The lowest BCUT2D eigenvalue weighted by atomic mass is 10.1. The van der Waals surface area contributed by atoms with Crippen molar-refractivity contribution in [1.82, 2.24) is 4.98 Å². The van der Waals surface area contributed by atoms with Crippen LogP contribution in [-0.4, -0.2) is 38.3 Å². The van der Waals surface area contributed by atoms with Crippen molar-refractivity contribution in [2.75, 3.05) is 43.6 Å². The number of ether oxygens (including phenoxy) is 1. The van der Waals surface area contributed by atoms with Crippen LogP contribution in [0.3, 0.4) is 0 Å². The minimum atomic E-state index is 0.698. The van der Waals surface area contributed by atoms with Crippen LogP contribution in [0, 0.1) is 6.92 Å². The van der Waals surface area contributed by atoms with Gasteiger partial charge in [0.05, 0.1) is 6.61 Å². The van der Waals surface area contributed by atoms with E-state index in [9.17, 15) is 0 Å². The zero-order valence-corrected chi connectivity index (χ0v) is 13.4. The summed E-state index contributed by atoms with van der Waals surface area (Å²) in [6, 6.07) is 6.37. The summed E-state index contributed by atoms with van der Waals surface area (Å²) in [6.45, 7) is 9.87. The molecular weight excluding hydrogens is 262 g/mol. The predicted molar refractivity (Wildman–Crippen MR) is 90.4 cm³/mol. The maximum Gasteiger partial charge on any atom is 0.136 e. The Morgan fingerprint density at radius 1 is 1.24 bits per heavy atom. The SMILES string of the molecule is CCN(CC)c1ncc(C)c2c(NCCOC)cccc12. The number of nitrogens with one attached hydrogen (secondary N) is 1. The number of hydrogen-bond donors (Lipinski definition) is 1. The Morgan fingerprint density at radius 2 is 2.00 bits per heavy atom. The number of fused-ring (bicyclic) bond motifs is 1. The Morgan fingerprint density at radius 3 is 2.67 bits per heavy atom. The molecule has 1 N–H and O–H groups in total. The molecule has 0 aliphatic rings. The van der Waals surface area contributed by atoms with Gasteiger partial charge in [0.15, 0.2) is 0 Å². The van der Waals surface area contributed by atoms with Gasteiger partial charge in [0.1, 0.15) is 5.82 Å². The van der Waals surface area contributed by atoms with Crippen LogP contribution in [0.5, 0.6) is 0 Å². The summed E-state index contributed by atoms with van der Waals surface area (Å²) in [4.78, 5) is 6.95. The number of hydrogen-bond acceptors (Lipinski definition) is 4. The highest BCUT2D eigenvalue weighted by Gasteiger charge is 2.12. The van der Waals surface area contributed by atoms with Crippen molar-refractivity contribution in [2.45, 2.75) is 20.8 Å². The van der Waals surface area contributed by atoms with E-state index in [1.165, 1.54) is 16.3 Å². The lowest BCUT2D eigenvalue weighted by Crippen LogP contribution is -2.23. The van der Waals surface area contributed by atoms with Gasteiger partial charge in [-0.05, 0) is 32.4 Å². The van der Waals surface area contributed by atoms with Gasteiger partial charge in [-0.15, -0.1) is 0 Å². The third-order valence-electron chi connectivity index (χ3n) is 3.76. The molecule has 4 heteroatoms. The first-order valence-electron chi connectivity index (χ1n) is 7.59. The topological polar surface area (TPSA) is 37.4 Å². The standard InChI is InChI=1S/C17H25N3O/c1-5-20(6-2)17-14-8-7-9-15(18-10-11-21-4)16(14)13(3)12-19-17/h7-9,12,18H,5-6,10-11H2,1-4H3. The van der Waals surface area contributed by atoms with Crippen molar-refractivity contribution < 1.29 is 4.74 Å². The average molecular weight is 287 g/mol. The van der Waals surface area contributed by atoms with E-state index in [0.29, 0.717) is 6.61 Å². The van der Waals surface area contributed by atoms with Gasteiger partial charge in [-0.25, -0.2) is 4.98 Å². The van der Waals surface area contributed by atoms with Crippen LogP contribution in [0.4, 0.5) is 11.5 Å². The number of aromatic nitrogens is 1. The number of anilines is 2. The van der Waals surface area contributed by atoms with Crippen LogP contribution in [-0.2, 0) is 4.74 Å². The lowest BCUT2D eigenvalue weighted by Gasteiger charge is -2.23. The van der Waals surface area contributed by atoms with Crippen LogP contribution in [0.1, 0.15) is 19.4 Å². The molecular formula is C17H25N3O. The van der Waals surface area contributed by atoms with Gasteiger partial charge in [-0.3, -0.25) is 0 Å². The van der Waals surface area contributed by atoms with Crippen molar-refractivity contribution in [3.63, 3.8) is 0 Å². The van der Waals surface area contributed by atoms with E-state index in [0.717, 1.165) is 31.1 Å². The Bertz CT molecular complexity index is 594. The van der Waals surface area contributed by atoms with E-state index in [1.54, 1.807) is 7.11 Å². The molecule has 2 aromatic rings. The first-order valence-corrected chi connectivity index (χ1v) is 7.59. The quantitative estimate of drug-likeness (QED) is 0.792. The summed E-state index contributed by atoms with van der Waals surface area (Å²) in [7, 11) is 1.72. The molecule has 0 saturated carbocycles. The van der Waals surface area contributed by atoms with Gasteiger partial charge in [-0.1, -0.05) is 12.1 Å². The average Bonchev–Trinajstić information content (AvgIpc) is 2.51. The second kappa shape index (κ2) is 7.27. The third kappa shape index (κ3) is 3.27. The zero-order chi connectivity index (χ0) is 15.2. The number of nitrogens with zero attached hydrogens (tertiary/aromatic N) is 2. The highest BCUT2D eigenvalue weighted by molar-refractivity contribution is 6.02. The van der Waals surface area contributed by atoms with Crippen LogP contribution < -0.4 is 10.2 Å². The van der Waals surface area contributed by atoms with Crippen LogP contribution in [0.15, 0.2) is 24.4 Å². The Kier molecular flexibility index (Phi) is 5.39. The zero-order valence-electron chi connectivity index (χ0n) is 13.4. The van der Waals surface area contributed by atoms with E-state index in [-0.39, 0.29) is 0 Å². The fourth-order valence-electron chi connectivity index (χ4n) is 2.67. The summed E-state index contributed by atoms with van der Waals surface area (Å²) in [6.07, 6.45) is 1.97. The number of rotatable bonds is 7. The van der Waals surface area contributed by atoms with Crippen LogP contribution in [0.25, 0.3) is 10.8 Å². The summed E-state index contributed by atoms with van der Waals surface area (Å²) in [5.74, 6) is 1.07. The fourth-order valence-corrected chi connectivity index (χ4v) is 2.67. The maximum atomic E-state index is 5.12. The number of benzene rings is 1. The highest BCUT2D eigenvalue weighted by Crippen LogP contribution is 2.32.